The van der Waals surface area contributed by atoms with Crippen LogP contribution < -0.4 is 4.90 Å². The number of rotatable bonds is 5. The van der Waals surface area contributed by atoms with Crippen LogP contribution in [-0.2, 0) is 20.7 Å². The summed E-state index contributed by atoms with van der Waals surface area (Å²) in [6.45, 7) is 5.00. The monoisotopic (exact) mass is 290 g/mol. The molecule has 0 aromatic heterocycles. The molecule has 2 rings (SSSR count). The van der Waals surface area contributed by atoms with Gasteiger partial charge in [0.05, 0.1) is 20.2 Å². The number of fused-ring (bicyclic) bond motifs is 1. The Morgan fingerprint density at radius 3 is 2.67 bits per heavy atom. The van der Waals surface area contributed by atoms with Gasteiger partial charge in [-0.2, -0.15) is 0 Å². The van der Waals surface area contributed by atoms with Crippen molar-refractivity contribution >= 4 is 17.6 Å². The third-order valence-electron chi connectivity index (χ3n) is 3.82. The second-order valence-corrected chi connectivity index (χ2v) is 5.50. The molecule has 1 heterocycles. The lowest BCUT2D eigenvalue weighted by Crippen LogP contribution is -2.44. The molecule has 21 heavy (non-hydrogen) atoms. The second-order valence-electron chi connectivity index (χ2n) is 5.50. The summed E-state index contributed by atoms with van der Waals surface area (Å²) < 4.78 is 4.69. The fourth-order valence-electron chi connectivity index (χ4n) is 2.51. The smallest absolute Gasteiger partial charge is 0.319 e. The molecular weight excluding hydrogens is 268 g/mol. The van der Waals surface area contributed by atoms with Crippen molar-refractivity contribution in [2.24, 2.45) is 0 Å². The number of para-hydroxylation sites is 1. The third kappa shape index (κ3) is 3.61. The number of esters is 1. The van der Waals surface area contributed by atoms with Gasteiger partial charge >= 0.3 is 5.97 Å². The van der Waals surface area contributed by atoms with Gasteiger partial charge in [-0.15, -0.1) is 0 Å². The van der Waals surface area contributed by atoms with Gasteiger partial charge in [-0.05, 0) is 31.9 Å². The molecule has 0 atom stereocenters. The average molecular weight is 290 g/mol. The lowest BCUT2D eigenvalue weighted by atomic mass is 10.2. The van der Waals surface area contributed by atoms with Gasteiger partial charge in [0.25, 0.3) is 0 Å². The Hall–Kier alpha value is -1.88. The Labute approximate surface area is 125 Å². The molecule has 0 bridgehead atoms. The molecule has 0 saturated carbocycles. The Morgan fingerprint density at radius 2 is 2.00 bits per heavy atom. The van der Waals surface area contributed by atoms with Crippen LogP contribution in [0.3, 0.4) is 0 Å². The number of carbonyl (C=O) groups is 2. The predicted octanol–water partition coefficient (Wildman–Crippen LogP) is 1.46. The maximum absolute atomic E-state index is 12.5. The fourth-order valence-corrected chi connectivity index (χ4v) is 2.51. The van der Waals surface area contributed by atoms with E-state index in [2.05, 4.69) is 10.8 Å². The van der Waals surface area contributed by atoms with Gasteiger partial charge in [-0.1, -0.05) is 18.2 Å². The molecule has 5 nitrogen and oxygen atoms in total. The van der Waals surface area contributed by atoms with Crippen LogP contribution in [0.25, 0.3) is 0 Å². The highest BCUT2D eigenvalue weighted by Gasteiger charge is 2.27. The summed E-state index contributed by atoms with van der Waals surface area (Å²) >= 11 is 0. The molecule has 0 radical (unpaired) electrons. The van der Waals surface area contributed by atoms with Crippen LogP contribution in [0.4, 0.5) is 5.69 Å². The summed E-state index contributed by atoms with van der Waals surface area (Å²) in [5, 5.41) is 0. The number of hydrogen-bond acceptors (Lipinski definition) is 4. The topological polar surface area (TPSA) is 49.9 Å². The van der Waals surface area contributed by atoms with Gasteiger partial charge in [0.1, 0.15) is 0 Å². The lowest BCUT2D eigenvalue weighted by molar-refractivity contribution is -0.142. The molecule has 0 saturated heterocycles. The van der Waals surface area contributed by atoms with E-state index in [-0.39, 0.29) is 31.0 Å². The molecule has 1 aromatic carbocycles. The first-order valence-corrected chi connectivity index (χ1v) is 7.22. The first-order valence-electron chi connectivity index (χ1n) is 7.22. The summed E-state index contributed by atoms with van der Waals surface area (Å²) in [4.78, 5) is 27.6. The summed E-state index contributed by atoms with van der Waals surface area (Å²) in [5.74, 6) is -0.295. The number of amides is 1. The molecule has 0 spiro atoms. The van der Waals surface area contributed by atoms with E-state index in [1.54, 1.807) is 0 Å². The molecule has 1 aliphatic heterocycles. The van der Waals surface area contributed by atoms with E-state index in [0.717, 1.165) is 12.1 Å². The van der Waals surface area contributed by atoms with Crippen LogP contribution in [0.2, 0.25) is 0 Å². The standard InChI is InChI=1S/C16H22N2O3/c1-12(2)17(11-16(20)21-3)10-15(19)18-9-8-13-6-4-5-7-14(13)18/h4-7,12H,8-11H2,1-3H3. The third-order valence-corrected chi connectivity index (χ3v) is 3.82. The highest BCUT2D eigenvalue weighted by molar-refractivity contribution is 5.97. The van der Waals surface area contributed by atoms with Crippen LogP contribution in [0.15, 0.2) is 24.3 Å². The van der Waals surface area contributed by atoms with Crippen LogP contribution in [0.5, 0.6) is 0 Å². The molecule has 114 valence electrons. The minimum Gasteiger partial charge on any atom is -0.468 e. The first-order chi connectivity index (χ1) is 10.0. The van der Waals surface area contributed by atoms with Crippen LogP contribution in [0.1, 0.15) is 19.4 Å². The number of methoxy groups -OCH3 is 1. The van der Waals surface area contributed by atoms with Gasteiger partial charge in [-0.3, -0.25) is 14.5 Å². The molecule has 0 aliphatic carbocycles. The molecule has 0 fully saturated rings. The van der Waals surface area contributed by atoms with Crippen molar-refractivity contribution in [1.82, 2.24) is 4.90 Å². The van der Waals surface area contributed by atoms with Gasteiger partial charge < -0.3 is 9.64 Å². The molecule has 1 aliphatic rings. The molecule has 5 heteroatoms. The van der Waals surface area contributed by atoms with E-state index >= 15 is 0 Å². The van der Waals surface area contributed by atoms with Crippen molar-refractivity contribution < 1.29 is 14.3 Å². The Bertz CT molecular complexity index is 528. The van der Waals surface area contributed by atoms with Crippen molar-refractivity contribution in [3.63, 3.8) is 0 Å². The van der Waals surface area contributed by atoms with Gasteiger partial charge in [0, 0.05) is 18.3 Å². The minimum atomic E-state index is -0.321. The quantitative estimate of drug-likeness (QED) is 0.770. The van der Waals surface area contributed by atoms with Gasteiger partial charge in [-0.25, -0.2) is 0 Å². The van der Waals surface area contributed by atoms with Gasteiger partial charge in [0.15, 0.2) is 0 Å². The van der Waals surface area contributed by atoms with E-state index < -0.39 is 0 Å². The zero-order valence-electron chi connectivity index (χ0n) is 12.8. The van der Waals surface area contributed by atoms with Crippen LogP contribution in [0, 0.1) is 0 Å². The van der Waals surface area contributed by atoms with E-state index in [9.17, 15) is 9.59 Å². The minimum absolute atomic E-state index is 0.0255. The SMILES string of the molecule is COC(=O)CN(CC(=O)N1CCc2ccccc21)C(C)C. The van der Waals surface area contributed by atoms with E-state index in [1.807, 2.05) is 41.8 Å². The maximum Gasteiger partial charge on any atom is 0.319 e. The zero-order valence-corrected chi connectivity index (χ0v) is 12.8. The zero-order chi connectivity index (χ0) is 15.4. The Kier molecular flexibility index (Phi) is 4.96. The van der Waals surface area contributed by atoms with Crippen molar-refractivity contribution in [2.75, 3.05) is 31.6 Å². The van der Waals surface area contributed by atoms with E-state index in [4.69, 9.17) is 0 Å². The largest absolute Gasteiger partial charge is 0.468 e. The number of nitrogens with zero attached hydrogens (tertiary/aromatic N) is 2. The fraction of sp³-hybridized carbons (Fsp3) is 0.500. The van der Waals surface area contributed by atoms with Gasteiger partial charge in [0.2, 0.25) is 5.91 Å². The highest BCUT2D eigenvalue weighted by Crippen LogP contribution is 2.27. The summed E-state index contributed by atoms with van der Waals surface area (Å²) in [7, 11) is 1.36. The van der Waals surface area contributed by atoms with Crippen LogP contribution >= 0.6 is 0 Å². The highest BCUT2D eigenvalue weighted by atomic mass is 16.5. The second kappa shape index (κ2) is 6.72. The molecule has 1 aromatic rings. The van der Waals surface area contributed by atoms with Crippen molar-refractivity contribution in [3.8, 4) is 0 Å². The van der Waals surface area contributed by atoms with Crippen molar-refractivity contribution in [2.45, 2.75) is 26.3 Å². The number of anilines is 1. The summed E-state index contributed by atoms with van der Waals surface area (Å²) in [6, 6.07) is 8.06. The first kappa shape index (κ1) is 15.5. The Morgan fingerprint density at radius 1 is 1.29 bits per heavy atom. The molecule has 0 N–H and O–H groups in total. The van der Waals surface area contributed by atoms with Crippen molar-refractivity contribution in [3.05, 3.63) is 29.8 Å². The van der Waals surface area contributed by atoms with Crippen molar-refractivity contribution in [1.29, 1.82) is 0 Å². The molecular formula is C16H22N2O3. The van der Waals surface area contributed by atoms with E-state index in [1.165, 1.54) is 12.7 Å². The number of benzene rings is 1. The lowest BCUT2D eigenvalue weighted by Gasteiger charge is -2.27. The summed E-state index contributed by atoms with van der Waals surface area (Å²) in [5.41, 5.74) is 2.19. The number of hydrogen-bond donors (Lipinski definition) is 0. The predicted molar refractivity (Wildman–Crippen MR) is 81.2 cm³/mol. The number of ether oxygens (including phenoxy) is 1. The molecule has 1 amide bonds. The van der Waals surface area contributed by atoms with E-state index in [0.29, 0.717) is 6.54 Å². The number of carbonyl (C=O) groups excluding carboxylic acids is 2. The maximum atomic E-state index is 12.5. The normalized spacial score (nSPS) is 13.7. The summed E-state index contributed by atoms with van der Waals surface area (Å²) in [6.07, 6.45) is 0.889. The van der Waals surface area contributed by atoms with Crippen LogP contribution in [-0.4, -0.2) is 49.6 Å². The molecule has 0 unspecified atom stereocenters. The average Bonchev–Trinajstić information content (AvgIpc) is 2.90. The Balaban J connectivity index is 2.05.